The van der Waals surface area contributed by atoms with E-state index in [1.165, 1.54) is 17.0 Å². The van der Waals surface area contributed by atoms with E-state index in [2.05, 4.69) is 27.9 Å². The maximum atomic E-state index is 13.7. The number of carbonyl (C=O) groups is 2. The molecule has 7 nitrogen and oxygen atoms in total. The van der Waals surface area contributed by atoms with Gasteiger partial charge in [-0.3, -0.25) is 13.9 Å². The van der Waals surface area contributed by atoms with Crippen molar-refractivity contribution in [2.24, 2.45) is 0 Å². The summed E-state index contributed by atoms with van der Waals surface area (Å²) in [7, 11) is -4.05. The Bertz CT molecular complexity index is 1270. The lowest BCUT2D eigenvalue weighted by molar-refractivity contribution is -0.139. The van der Waals surface area contributed by atoms with Gasteiger partial charge in [0, 0.05) is 16.2 Å². The van der Waals surface area contributed by atoms with Crippen molar-refractivity contribution in [3.63, 3.8) is 0 Å². The molecular weight excluding hydrogens is 589 g/mol. The van der Waals surface area contributed by atoms with E-state index in [4.69, 9.17) is 0 Å². The number of halogens is 1. The van der Waals surface area contributed by atoms with Crippen LogP contribution in [0.1, 0.15) is 26.3 Å². The van der Waals surface area contributed by atoms with Crippen LogP contribution in [0, 0.1) is 3.57 Å². The van der Waals surface area contributed by atoms with Gasteiger partial charge in [-0.15, -0.1) is 0 Å². The Morgan fingerprint density at radius 1 is 0.861 bits per heavy atom. The van der Waals surface area contributed by atoms with E-state index in [9.17, 15) is 18.0 Å². The molecule has 3 aromatic carbocycles. The fraction of sp³-hybridized carbons (Fsp3) is 0.259. The van der Waals surface area contributed by atoms with Crippen LogP contribution in [0.4, 0.5) is 5.69 Å². The molecule has 0 bridgehead atoms. The first-order valence-electron chi connectivity index (χ1n) is 11.6. The maximum Gasteiger partial charge on any atom is 0.264 e. The lowest BCUT2D eigenvalue weighted by atomic mass is 10.1. The summed E-state index contributed by atoms with van der Waals surface area (Å²) in [5.74, 6) is -0.788. The number of nitrogens with zero attached hydrogens (tertiary/aromatic N) is 2. The Balaban J connectivity index is 2.00. The molecule has 0 saturated heterocycles. The quantitative estimate of drug-likeness (QED) is 0.341. The lowest BCUT2D eigenvalue weighted by Gasteiger charge is -2.32. The van der Waals surface area contributed by atoms with Crippen LogP contribution < -0.4 is 9.62 Å². The van der Waals surface area contributed by atoms with Crippen molar-refractivity contribution in [3.8, 4) is 0 Å². The molecule has 1 atom stereocenters. The zero-order valence-electron chi connectivity index (χ0n) is 20.5. The van der Waals surface area contributed by atoms with Crippen LogP contribution in [0.15, 0.2) is 89.8 Å². The minimum absolute atomic E-state index is 0.0801. The van der Waals surface area contributed by atoms with Gasteiger partial charge in [0.25, 0.3) is 10.0 Å². The number of nitrogens with one attached hydrogen (secondary N) is 1. The monoisotopic (exact) mass is 619 g/mol. The van der Waals surface area contributed by atoms with Crippen molar-refractivity contribution in [2.75, 3.05) is 10.8 Å². The van der Waals surface area contributed by atoms with Crippen LogP contribution >= 0.6 is 22.6 Å². The van der Waals surface area contributed by atoms with Gasteiger partial charge in [0.15, 0.2) is 0 Å². The van der Waals surface area contributed by atoms with Crippen molar-refractivity contribution in [2.45, 2.75) is 44.3 Å². The summed E-state index contributed by atoms with van der Waals surface area (Å²) in [5, 5.41) is 2.85. The number of hydrogen-bond donors (Lipinski definition) is 1. The topological polar surface area (TPSA) is 86.8 Å². The first-order valence-corrected chi connectivity index (χ1v) is 14.1. The maximum absolute atomic E-state index is 13.7. The van der Waals surface area contributed by atoms with E-state index in [1.807, 2.05) is 44.2 Å². The summed E-state index contributed by atoms with van der Waals surface area (Å²) in [6.45, 7) is 5.06. The van der Waals surface area contributed by atoms with Crippen LogP contribution in [0.25, 0.3) is 0 Å². The van der Waals surface area contributed by atoms with Gasteiger partial charge in [-0.1, -0.05) is 48.5 Å². The van der Waals surface area contributed by atoms with Crippen LogP contribution in [-0.4, -0.2) is 43.8 Å². The second kappa shape index (κ2) is 12.4. The summed E-state index contributed by atoms with van der Waals surface area (Å²) in [6.07, 6.45) is 0. The van der Waals surface area contributed by atoms with E-state index >= 15 is 0 Å². The summed E-state index contributed by atoms with van der Waals surface area (Å²) >= 11 is 2.14. The number of rotatable bonds is 10. The van der Waals surface area contributed by atoms with Crippen molar-refractivity contribution in [1.82, 2.24) is 10.2 Å². The van der Waals surface area contributed by atoms with E-state index in [-0.39, 0.29) is 23.4 Å². The van der Waals surface area contributed by atoms with Gasteiger partial charge >= 0.3 is 0 Å². The highest BCUT2D eigenvalue weighted by atomic mass is 127. The fourth-order valence-corrected chi connectivity index (χ4v) is 5.42. The highest BCUT2D eigenvalue weighted by Gasteiger charge is 2.32. The summed E-state index contributed by atoms with van der Waals surface area (Å²) in [6, 6.07) is 23.3. The van der Waals surface area contributed by atoms with Gasteiger partial charge in [-0.25, -0.2) is 8.42 Å². The molecule has 36 heavy (non-hydrogen) atoms. The molecule has 2 amide bonds. The third-order valence-electron chi connectivity index (χ3n) is 5.52. The van der Waals surface area contributed by atoms with E-state index < -0.39 is 28.5 Å². The molecule has 0 aliphatic rings. The van der Waals surface area contributed by atoms with Crippen molar-refractivity contribution < 1.29 is 18.0 Å². The largest absolute Gasteiger partial charge is 0.352 e. The van der Waals surface area contributed by atoms with Gasteiger partial charge in [-0.2, -0.15) is 0 Å². The second-order valence-electron chi connectivity index (χ2n) is 8.65. The Morgan fingerprint density at radius 3 is 1.97 bits per heavy atom. The Kier molecular flexibility index (Phi) is 9.49. The molecule has 9 heteroatoms. The molecule has 0 aromatic heterocycles. The molecule has 3 aromatic rings. The highest BCUT2D eigenvalue weighted by molar-refractivity contribution is 14.1. The highest BCUT2D eigenvalue weighted by Crippen LogP contribution is 2.25. The fourth-order valence-electron chi connectivity index (χ4n) is 3.62. The van der Waals surface area contributed by atoms with Gasteiger partial charge < -0.3 is 10.2 Å². The molecule has 0 saturated carbocycles. The predicted octanol–water partition coefficient (Wildman–Crippen LogP) is 4.43. The SMILES string of the molecule is CC(C)NC(=O)[C@H](C)N(Cc1ccccc1)C(=O)CN(c1ccc(I)cc1)S(=O)(=O)c1ccccc1. The number of amides is 2. The Labute approximate surface area is 226 Å². The Hall–Kier alpha value is -2.92. The molecule has 0 heterocycles. The molecule has 0 fully saturated rings. The molecular formula is C27H30IN3O4S. The second-order valence-corrected chi connectivity index (χ2v) is 11.8. The first kappa shape index (κ1) is 27.7. The lowest BCUT2D eigenvalue weighted by Crippen LogP contribution is -2.52. The molecule has 1 N–H and O–H groups in total. The van der Waals surface area contributed by atoms with E-state index in [0.717, 1.165) is 13.4 Å². The zero-order valence-corrected chi connectivity index (χ0v) is 23.4. The van der Waals surface area contributed by atoms with Gasteiger partial charge in [0.1, 0.15) is 12.6 Å². The summed E-state index contributed by atoms with van der Waals surface area (Å²) < 4.78 is 29.4. The zero-order chi connectivity index (χ0) is 26.3. The standard InChI is InChI=1S/C27H30IN3O4S/c1-20(2)29-27(33)21(3)30(18-22-10-6-4-7-11-22)26(32)19-31(24-16-14-23(28)15-17-24)36(34,35)25-12-8-5-9-13-25/h4-17,20-21H,18-19H2,1-3H3,(H,29,33)/t21-/m0/s1. The Morgan fingerprint density at radius 2 is 1.42 bits per heavy atom. The van der Waals surface area contributed by atoms with Crippen LogP contribution in [0.2, 0.25) is 0 Å². The van der Waals surface area contributed by atoms with Crippen LogP contribution in [-0.2, 0) is 26.2 Å². The average Bonchev–Trinajstić information content (AvgIpc) is 2.86. The smallest absolute Gasteiger partial charge is 0.264 e. The van der Waals surface area contributed by atoms with Crippen LogP contribution in [0.3, 0.4) is 0 Å². The number of anilines is 1. The minimum Gasteiger partial charge on any atom is -0.352 e. The first-order chi connectivity index (χ1) is 17.1. The average molecular weight is 620 g/mol. The van der Waals surface area contributed by atoms with Crippen molar-refractivity contribution in [3.05, 3.63) is 94.1 Å². The van der Waals surface area contributed by atoms with Crippen molar-refractivity contribution >= 4 is 50.1 Å². The molecule has 190 valence electrons. The van der Waals surface area contributed by atoms with Crippen molar-refractivity contribution in [1.29, 1.82) is 0 Å². The minimum atomic E-state index is -4.05. The summed E-state index contributed by atoms with van der Waals surface area (Å²) in [5.41, 5.74) is 1.20. The van der Waals surface area contributed by atoms with Gasteiger partial charge in [-0.05, 0) is 85.3 Å². The molecule has 3 rings (SSSR count). The number of carbonyl (C=O) groups excluding carboxylic acids is 2. The van der Waals surface area contributed by atoms with Gasteiger partial charge in [0.05, 0.1) is 10.6 Å². The van der Waals surface area contributed by atoms with E-state index in [1.54, 1.807) is 49.4 Å². The number of sulfonamides is 1. The molecule has 0 unspecified atom stereocenters. The number of benzene rings is 3. The molecule has 0 aliphatic carbocycles. The normalized spacial score (nSPS) is 12.1. The third kappa shape index (κ3) is 7.07. The molecule has 0 aliphatic heterocycles. The van der Waals surface area contributed by atoms with Gasteiger partial charge in [0.2, 0.25) is 11.8 Å². The van der Waals surface area contributed by atoms with Crippen LogP contribution in [0.5, 0.6) is 0 Å². The number of hydrogen-bond acceptors (Lipinski definition) is 4. The third-order valence-corrected chi connectivity index (χ3v) is 8.03. The molecule has 0 radical (unpaired) electrons. The van der Waals surface area contributed by atoms with E-state index in [0.29, 0.717) is 5.69 Å². The molecule has 0 spiro atoms. The predicted molar refractivity (Wildman–Crippen MR) is 150 cm³/mol. The summed E-state index contributed by atoms with van der Waals surface area (Å²) in [4.78, 5) is 28.1.